The van der Waals surface area contributed by atoms with Crippen molar-refractivity contribution in [3.63, 3.8) is 0 Å². The number of rotatable bonds is 6. The maximum absolute atomic E-state index is 12.9. The van der Waals surface area contributed by atoms with Gasteiger partial charge in [-0.25, -0.2) is 9.78 Å². The number of morpholine rings is 1. The van der Waals surface area contributed by atoms with Crippen LogP contribution in [-0.4, -0.2) is 60.9 Å². The number of hydrogen-bond donors (Lipinski definition) is 0. The van der Waals surface area contributed by atoms with E-state index in [9.17, 15) is 4.79 Å². The zero-order valence-electron chi connectivity index (χ0n) is 20.1. The molecule has 8 heteroatoms. The van der Waals surface area contributed by atoms with Crippen LogP contribution in [0.3, 0.4) is 0 Å². The smallest absolute Gasteiger partial charge is 0.410 e. The van der Waals surface area contributed by atoms with Crippen LogP contribution in [0.5, 0.6) is 0 Å². The van der Waals surface area contributed by atoms with E-state index in [0.29, 0.717) is 38.7 Å². The van der Waals surface area contributed by atoms with Crippen molar-refractivity contribution in [2.24, 2.45) is 0 Å². The van der Waals surface area contributed by atoms with Gasteiger partial charge in [-0.05, 0) is 11.1 Å². The molecule has 0 unspecified atom stereocenters. The van der Waals surface area contributed by atoms with Crippen LogP contribution < -0.4 is 9.80 Å². The Kier molecular flexibility index (Phi) is 7.09. The van der Waals surface area contributed by atoms with Crippen LogP contribution in [0.15, 0.2) is 60.7 Å². The summed E-state index contributed by atoms with van der Waals surface area (Å²) in [5, 5.41) is 0. The number of amides is 1. The zero-order chi connectivity index (χ0) is 24.0. The molecule has 2 aromatic carbocycles. The molecule has 0 bridgehead atoms. The van der Waals surface area contributed by atoms with E-state index in [2.05, 4.69) is 21.9 Å². The number of aromatic nitrogens is 2. The molecule has 3 aromatic rings. The molecular formula is C27H31N5O3. The molecule has 1 saturated heterocycles. The van der Waals surface area contributed by atoms with Crippen LogP contribution in [0.1, 0.15) is 22.4 Å². The van der Waals surface area contributed by atoms with Gasteiger partial charge in [-0.1, -0.05) is 60.7 Å². The molecule has 3 heterocycles. The molecule has 0 aliphatic carbocycles. The first-order valence-electron chi connectivity index (χ1n) is 12.1. The highest BCUT2D eigenvalue weighted by atomic mass is 16.6. The van der Waals surface area contributed by atoms with Gasteiger partial charge in [0, 0.05) is 45.2 Å². The highest BCUT2D eigenvalue weighted by Gasteiger charge is 2.29. The molecule has 0 saturated carbocycles. The summed E-state index contributed by atoms with van der Waals surface area (Å²) in [6, 6.07) is 20.1. The fraction of sp³-hybridized carbons (Fsp3) is 0.370. The number of ether oxygens (including phenoxy) is 2. The summed E-state index contributed by atoms with van der Waals surface area (Å²) >= 11 is 0. The highest BCUT2D eigenvalue weighted by molar-refractivity contribution is 5.69. The average molecular weight is 474 g/mol. The lowest BCUT2D eigenvalue weighted by molar-refractivity contribution is 0.0914. The monoisotopic (exact) mass is 473 g/mol. The number of anilines is 2. The lowest BCUT2D eigenvalue weighted by Gasteiger charge is -2.35. The van der Waals surface area contributed by atoms with Gasteiger partial charge in [-0.2, -0.15) is 4.98 Å². The van der Waals surface area contributed by atoms with E-state index in [4.69, 9.17) is 19.4 Å². The van der Waals surface area contributed by atoms with Crippen molar-refractivity contribution in [1.82, 2.24) is 14.9 Å². The molecule has 182 valence electrons. The van der Waals surface area contributed by atoms with Crippen molar-refractivity contribution < 1.29 is 14.3 Å². The van der Waals surface area contributed by atoms with Crippen LogP contribution in [0.4, 0.5) is 16.6 Å². The molecule has 1 aromatic heterocycles. The summed E-state index contributed by atoms with van der Waals surface area (Å²) < 4.78 is 11.2. The lowest BCUT2D eigenvalue weighted by Crippen LogP contribution is -2.41. The minimum atomic E-state index is -0.308. The quantitative estimate of drug-likeness (QED) is 0.541. The third-order valence-electron chi connectivity index (χ3n) is 6.40. The van der Waals surface area contributed by atoms with Crippen molar-refractivity contribution in [3.05, 3.63) is 83.0 Å². The second-order valence-electron chi connectivity index (χ2n) is 8.93. The molecule has 35 heavy (non-hydrogen) atoms. The minimum Gasteiger partial charge on any atom is -0.445 e. The van der Waals surface area contributed by atoms with Gasteiger partial charge in [-0.15, -0.1) is 0 Å². The van der Waals surface area contributed by atoms with Crippen LogP contribution in [0.2, 0.25) is 0 Å². The molecule has 2 aliphatic heterocycles. The molecule has 5 rings (SSSR count). The number of hydrogen-bond acceptors (Lipinski definition) is 7. The number of nitrogens with zero attached hydrogens (tertiary/aromatic N) is 5. The second kappa shape index (κ2) is 10.7. The van der Waals surface area contributed by atoms with Crippen molar-refractivity contribution in [3.8, 4) is 0 Å². The Morgan fingerprint density at radius 2 is 1.66 bits per heavy atom. The highest BCUT2D eigenvalue weighted by Crippen LogP contribution is 2.30. The van der Waals surface area contributed by atoms with E-state index in [1.807, 2.05) is 55.6 Å². The van der Waals surface area contributed by atoms with E-state index in [0.717, 1.165) is 42.3 Å². The summed E-state index contributed by atoms with van der Waals surface area (Å²) in [6.07, 6.45) is 0.361. The summed E-state index contributed by atoms with van der Waals surface area (Å²) in [6.45, 7) is 4.86. The SMILES string of the molecule is CN(Cc1ccccc1)c1nc2c(c(N3CCOCC3)n1)CN(C(=O)OCc1ccccc1)CC2. The Morgan fingerprint density at radius 1 is 0.971 bits per heavy atom. The molecule has 0 radical (unpaired) electrons. The van der Waals surface area contributed by atoms with E-state index in [1.54, 1.807) is 4.90 Å². The first-order chi connectivity index (χ1) is 17.2. The van der Waals surface area contributed by atoms with Crippen molar-refractivity contribution in [2.45, 2.75) is 26.1 Å². The summed E-state index contributed by atoms with van der Waals surface area (Å²) in [5.41, 5.74) is 4.19. The Bertz CT molecular complexity index is 1140. The van der Waals surface area contributed by atoms with E-state index in [1.165, 1.54) is 5.56 Å². The van der Waals surface area contributed by atoms with Gasteiger partial charge >= 0.3 is 6.09 Å². The van der Waals surface area contributed by atoms with Gasteiger partial charge in [0.05, 0.1) is 25.5 Å². The standard InChI is InChI=1S/C27H31N5O3/c1-30(18-21-8-4-2-5-9-21)26-28-24-12-13-32(27(33)35-20-22-10-6-3-7-11-22)19-23(24)25(29-26)31-14-16-34-17-15-31/h2-11H,12-20H2,1H3. The predicted molar refractivity (Wildman–Crippen MR) is 134 cm³/mol. The lowest BCUT2D eigenvalue weighted by atomic mass is 10.1. The van der Waals surface area contributed by atoms with Gasteiger partial charge in [-0.3, -0.25) is 0 Å². The van der Waals surface area contributed by atoms with Crippen LogP contribution >= 0.6 is 0 Å². The Hall–Kier alpha value is -3.65. The molecule has 8 nitrogen and oxygen atoms in total. The average Bonchev–Trinajstić information content (AvgIpc) is 2.92. The fourth-order valence-electron chi connectivity index (χ4n) is 4.49. The predicted octanol–water partition coefficient (Wildman–Crippen LogP) is 3.64. The fourth-order valence-corrected chi connectivity index (χ4v) is 4.49. The molecule has 1 amide bonds. The van der Waals surface area contributed by atoms with E-state index in [-0.39, 0.29) is 12.7 Å². The van der Waals surface area contributed by atoms with Crippen molar-refractivity contribution >= 4 is 17.9 Å². The van der Waals surface area contributed by atoms with Crippen LogP contribution in [-0.2, 0) is 35.6 Å². The van der Waals surface area contributed by atoms with E-state index < -0.39 is 0 Å². The summed E-state index contributed by atoms with van der Waals surface area (Å²) in [5.74, 6) is 1.60. The number of carbonyl (C=O) groups excluding carboxylic acids is 1. The van der Waals surface area contributed by atoms with Gasteiger partial charge in [0.15, 0.2) is 0 Å². The minimum absolute atomic E-state index is 0.263. The van der Waals surface area contributed by atoms with Gasteiger partial charge < -0.3 is 24.2 Å². The zero-order valence-corrected chi connectivity index (χ0v) is 20.1. The first-order valence-corrected chi connectivity index (χ1v) is 12.1. The molecule has 1 fully saturated rings. The third-order valence-corrected chi connectivity index (χ3v) is 6.40. The Labute approximate surface area is 206 Å². The molecule has 0 spiro atoms. The number of fused-ring (bicyclic) bond motifs is 1. The summed E-state index contributed by atoms with van der Waals surface area (Å²) in [4.78, 5) is 28.9. The van der Waals surface area contributed by atoms with Crippen molar-refractivity contribution in [1.29, 1.82) is 0 Å². The van der Waals surface area contributed by atoms with Gasteiger partial charge in [0.2, 0.25) is 5.95 Å². The van der Waals surface area contributed by atoms with Gasteiger partial charge in [0.25, 0.3) is 0 Å². The normalized spacial score (nSPS) is 15.5. The number of carbonyl (C=O) groups is 1. The molecular weight excluding hydrogens is 442 g/mol. The Balaban J connectivity index is 1.36. The topological polar surface area (TPSA) is 71.0 Å². The second-order valence-corrected chi connectivity index (χ2v) is 8.93. The maximum Gasteiger partial charge on any atom is 0.410 e. The third kappa shape index (κ3) is 5.54. The van der Waals surface area contributed by atoms with E-state index >= 15 is 0 Å². The maximum atomic E-state index is 12.9. The molecule has 0 atom stereocenters. The largest absolute Gasteiger partial charge is 0.445 e. The summed E-state index contributed by atoms with van der Waals surface area (Å²) in [7, 11) is 2.02. The molecule has 0 N–H and O–H groups in total. The van der Waals surface area contributed by atoms with Crippen LogP contribution in [0.25, 0.3) is 0 Å². The first kappa shape index (κ1) is 23.1. The van der Waals surface area contributed by atoms with Gasteiger partial charge in [0.1, 0.15) is 12.4 Å². The number of benzene rings is 2. The Morgan fingerprint density at radius 3 is 2.37 bits per heavy atom. The van der Waals surface area contributed by atoms with Crippen LogP contribution in [0, 0.1) is 0 Å². The molecule has 2 aliphatic rings. The van der Waals surface area contributed by atoms with Crippen molar-refractivity contribution in [2.75, 3.05) is 49.7 Å².